The Kier molecular flexibility index (Phi) is 7.28. The molecule has 2 aromatic carbocycles. The minimum atomic E-state index is -0.773. The zero-order chi connectivity index (χ0) is 25.1. The van der Waals surface area contributed by atoms with E-state index in [9.17, 15) is 5.11 Å². The van der Waals surface area contributed by atoms with E-state index in [0.29, 0.717) is 6.61 Å². The summed E-state index contributed by atoms with van der Waals surface area (Å²) in [7, 11) is 1.73. The first-order valence-corrected chi connectivity index (χ1v) is 12.9. The molecule has 5 rings (SSSR count). The molecule has 3 aromatic rings. The Morgan fingerprint density at radius 2 is 1.83 bits per heavy atom. The van der Waals surface area contributed by atoms with Gasteiger partial charge in [0.05, 0.1) is 12.7 Å². The molecule has 0 saturated carbocycles. The molecule has 1 N–H and O–H groups in total. The van der Waals surface area contributed by atoms with E-state index in [1.807, 2.05) is 12.1 Å². The minimum Gasteiger partial charge on any atom is -0.496 e. The number of rotatable bonds is 6. The molecule has 190 valence electrons. The first-order valence-electron chi connectivity index (χ1n) is 12.9. The van der Waals surface area contributed by atoms with Crippen LogP contribution in [0.5, 0.6) is 11.5 Å². The summed E-state index contributed by atoms with van der Waals surface area (Å²) in [6.07, 6.45) is 5.00. The average molecular weight is 488 g/mol. The monoisotopic (exact) mass is 487 g/mol. The summed E-state index contributed by atoms with van der Waals surface area (Å²) in [6.45, 7) is 10.3. The predicted molar refractivity (Wildman–Crippen MR) is 141 cm³/mol. The van der Waals surface area contributed by atoms with E-state index >= 15 is 0 Å². The van der Waals surface area contributed by atoms with Gasteiger partial charge in [-0.3, -0.25) is 14.8 Å². The van der Waals surface area contributed by atoms with Crippen LogP contribution in [0.2, 0.25) is 0 Å². The van der Waals surface area contributed by atoms with Gasteiger partial charge in [-0.2, -0.15) is 0 Å². The molecule has 0 radical (unpaired) electrons. The lowest BCUT2D eigenvalue weighted by molar-refractivity contribution is -0.0279. The topological polar surface area (TPSA) is 58.1 Å². The van der Waals surface area contributed by atoms with Crippen LogP contribution in [-0.4, -0.2) is 53.2 Å². The summed E-state index contributed by atoms with van der Waals surface area (Å²) in [5, 5.41) is 11.1. The normalized spacial score (nSPS) is 18.2. The molecule has 0 spiro atoms. The lowest BCUT2D eigenvalue weighted by atomic mass is 9.85. The number of hydrogen-bond donors (Lipinski definition) is 1. The second-order valence-electron chi connectivity index (χ2n) is 10.2. The molecule has 0 bridgehead atoms. The first kappa shape index (κ1) is 24.8. The summed E-state index contributed by atoms with van der Waals surface area (Å²) in [4.78, 5) is 9.10. The molecular weight excluding hydrogens is 450 g/mol. The lowest BCUT2D eigenvalue weighted by Crippen LogP contribution is -2.42. The van der Waals surface area contributed by atoms with E-state index in [2.05, 4.69) is 59.0 Å². The molecule has 0 atom stereocenters. The number of piperidine rings is 1. The number of hydrogen-bond acceptors (Lipinski definition) is 6. The Morgan fingerprint density at radius 3 is 2.58 bits per heavy atom. The maximum absolute atomic E-state index is 11.1. The molecule has 1 aromatic heterocycles. The summed E-state index contributed by atoms with van der Waals surface area (Å²) in [5.74, 6) is 1.94. The first-order chi connectivity index (χ1) is 17.4. The number of pyridine rings is 1. The number of aliphatic hydroxyl groups is 1. The lowest BCUT2D eigenvalue weighted by Gasteiger charge is -2.38. The molecule has 3 heterocycles. The number of ether oxygens (including phenoxy) is 2. The molecule has 2 aliphatic rings. The summed E-state index contributed by atoms with van der Waals surface area (Å²) < 4.78 is 11.6. The minimum absolute atomic E-state index is 0.694. The van der Waals surface area contributed by atoms with Crippen LogP contribution in [0.3, 0.4) is 0 Å². The van der Waals surface area contributed by atoms with E-state index in [1.54, 1.807) is 19.5 Å². The summed E-state index contributed by atoms with van der Waals surface area (Å²) in [5.41, 5.74) is 6.53. The van der Waals surface area contributed by atoms with Gasteiger partial charge in [0, 0.05) is 62.8 Å². The van der Waals surface area contributed by atoms with E-state index in [0.717, 1.165) is 69.2 Å². The van der Waals surface area contributed by atoms with Crippen molar-refractivity contribution in [2.45, 2.75) is 51.9 Å². The van der Waals surface area contributed by atoms with E-state index in [1.165, 1.54) is 27.8 Å². The van der Waals surface area contributed by atoms with Gasteiger partial charge in [0.1, 0.15) is 18.1 Å². The predicted octanol–water partition coefficient (Wildman–Crippen LogP) is 4.59. The molecule has 1 saturated heterocycles. The quantitative estimate of drug-likeness (QED) is 0.549. The van der Waals surface area contributed by atoms with Crippen molar-refractivity contribution in [3.05, 3.63) is 88.2 Å². The molecule has 0 amide bonds. The van der Waals surface area contributed by atoms with Gasteiger partial charge in [0.2, 0.25) is 0 Å². The number of nitrogens with zero attached hydrogens (tertiary/aromatic N) is 3. The van der Waals surface area contributed by atoms with Crippen molar-refractivity contribution in [2.24, 2.45) is 0 Å². The molecule has 6 heteroatoms. The van der Waals surface area contributed by atoms with Gasteiger partial charge in [0.15, 0.2) is 0 Å². The van der Waals surface area contributed by atoms with Crippen LogP contribution in [0.1, 0.15) is 46.2 Å². The van der Waals surface area contributed by atoms with Crippen molar-refractivity contribution in [1.29, 1.82) is 0 Å². The molecule has 36 heavy (non-hydrogen) atoms. The Labute approximate surface area is 214 Å². The fourth-order valence-corrected chi connectivity index (χ4v) is 5.49. The van der Waals surface area contributed by atoms with Crippen LogP contribution in [0, 0.1) is 13.8 Å². The molecular formula is C30H37N3O3. The highest BCUT2D eigenvalue weighted by molar-refractivity contribution is 5.44. The number of benzene rings is 2. The maximum atomic E-state index is 11.1. The Balaban J connectivity index is 1.24. The van der Waals surface area contributed by atoms with Crippen molar-refractivity contribution in [3.8, 4) is 11.5 Å². The van der Waals surface area contributed by atoms with Crippen molar-refractivity contribution in [2.75, 3.05) is 33.4 Å². The van der Waals surface area contributed by atoms with Crippen LogP contribution >= 0.6 is 0 Å². The fraction of sp³-hybridized carbons (Fsp3) is 0.433. The zero-order valence-corrected chi connectivity index (χ0v) is 21.7. The smallest absolute Gasteiger partial charge is 0.123 e. The van der Waals surface area contributed by atoms with Crippen molar-refractivity contribution < 1.29 is 14.6 Å². The van der Waals surface area contributed by atoms with E-state index in [-0.39, 0.29) is 0 Å². The standard InChI is InChI=1S/C30H37N3O3/c1-22-23(2)28(35-3)9-7-25(22)20-33-15-16-36-29-8-6-24(17-26(29)21-33)19-32-13-10-30(34,11-14-32)27-5-4-12-31-18-27/h4-9,12,17-18,34H,10-11,13-16,19-21H2,1-3H3. The maximum Gasteiger partial charge on any atom is 0.123 e. The van der Waals surface area contributed by atoms with Gasteiger partial charge in [-0.05, 0) is 73.2 Å². The number of likely N-dealkylation sites (tertiary alicyclic amines) is 1. The van der Waals surface area contributed by atoms with Crippen LogP contribution in [0.25, 0.3) is 0 Å². The summed E-state index contributed by atoms with van der Waals surface area (Å²) >= 11 is 0. The van der Waals surface area contributed by atoms with Gasteiger partial charge in [0.25, 0.3) is 0 Å². The van der Waals surface area contributed by atoms with Crippen LogP contribution in [0.15, 0.2) is 54.9 Å². The molecule has 0 aliphatic carbocycles. The van der Waals surface area contributed by atoms with Crippen molar-refractivity contribution in [3.63, 3.8) is 0 Å². The van der Waals surface area contributed by atoms with Crippen LogP contribution in [0.4, 0.5) is 0 Å². The van der Waals surface area contributed by atoms with Gasteiger partial charge >= 0.3 is 0 Å². The Morgan fingerprint density at radius 1 is 1.00 bits per heavy atom. The van der Waals surface area contributed by atoms with Crippen molar-refractivity contribution >= 4 is 0 Å². The Bertz CT molecular complexity index is 1190. The van der Waals surface area contributed by atoms with Gasteiger partial charge in [-0.25, -0.2) is 0 Å². The second kappa shape index (κ2) is 10.6. The fourth-order valence-electron chi connectivity index (χ4n) is 5.49. The van der Waals surface area contributed by atoms with Crippen LogP contribution < -0.4 is 9.47 Å². The number of fused-ring (bicyclic) bond motifs is 1. The van der Waals surface area contributed by atoms with Crippen LogP contribution in [-0.2, 0) is 25.2 Å². The largest absolute Gasteiger partial charge is 0.496 e. The highest BCUT2D eigenvalue weighted by atomic mass is 16.5. The third-order valence-electron chi connectivity index (χ3n) is 7.94. The molecule has 0 unspecified atom stereocenters. The van der Waals surface area contributed by atoms with E-state index in [4.69, 9.17) is 9.47 Å². The number of aromatic nitrogens is 1. The van der Waals surface area contributed by atoms with Gasteiger partial charge < -0.3 is 14.6 Å². The van der Waals surface area contributed by atoms with E-state index < -0.39 is 5.60 Å². The third kappa shape index (κ3) is 5.26. The van der Waals surface area contributed by atoms with Gasteiger partial charge in [-0.1, -0.05) is 18.2 Å². The molecule has 2 aliphatic heterocycles. The molecule has 6 nitrogen and oxygen atoms in total. The Hall–Kier alpha value is -2.93. The number of methoxy groups -OCH3 is 1. The highest BCUT2D eigenvalue weighted by Gasteiger charge is 2.34. The molecule has 1 fully saturated rings. The SMILES string of the molecule is COc1ccc(CN2CCOc3ccc(CN4CCC(O)(c5cccnc5)CC4)cc3C2)c(C)c1C. The van der Waals surface area contributed by atoms with Crippen molar-refractivity contribution in [1.82, 2.24) is 14.8 Å². The highest BCUT2D eigenvalue weighted by Crippen LogP contribution is 2.33. The zero-order valence-electron chi connectivity index (χ0n) is 21.7. The average Bonchev–Trinajstić information content (AvgIpc) is 3.10. The van der Waals surface area contributed by atoms with Gasteiger partial charge in [-0.15, -0.1) is 0 Å². The summed E-state index contributed by atoms with van der Waals surface area (Å²) in [6, 6.07) is 14.8. The second-order valence-corrected chi connectivity index (χ2v) is 10.2. The third-order valence-corrected chi connectivity index (χ3v) is 7.94.